The zero-order valence-electron chi connectivity index (χ0n) is 11.5. The van der Waals surface area contributed by atoms with Gasteiger partial charge in [0.15, 0.2) is 5.13 Å². The molecule has 1 aliphatic heterocycles. The van der Waals surface area contributed by atoms with Gasteiger partial charge < -0.3 is 10.6 Å². The van der Waals surface area contributed by atoms with E-state index in [2.05, 4.69) is 20.6 Å². The molecule has 21 heavy (non-hydrogen) atoms. The Hall–Kier alpha value is -2.28. The molecule has 0 saturated carbocycles. The highest BCUT2D eigenvalue weighted by atomic mass is 32.1. The highest BCUT2D eigenvalue weighted by Gasteiger charge is 2.22. The second kappa shape index (κ2) is 5.61. The van der Waals surface area contributed by atoms with Gasteiger partial charge in [-0.3, -0.25) is 14.6 Å². The highest BCUT2D eigenvalue weighted by Crippen LogP contribution is 2.25. The predicted octanol–water partition coefficient (Wildman–Crippen LogP) is 1.31. The fourth-order valence-electron chi connectivity index (χ4n) is 2.08. The Balaban J connectivity index is 1.67. The number of anilines is 1. The third kappa shape index (κ3) is 3.08. The van der Waals surface area contributed by atoms with Crippen LogP contribution in [0.15, 0.2) is 18.3 Å². The van der Waals surface area contributed by atoms with Crippen LogP contribution in [0.2, 0.25) is 0 Å². The van der Waals surface area contributed by atoms with E-state index in [1.54, 1.807) is 6.20 Å². The summed E-state index contributed by atoms with van der Waals surface area (Å²) < 4.78 is 0. The van der Waals surface area contributed by atoms with E-state index in [-0.39, 0.29) is 18.2 Å². The molecule has 0 unspecified atom stereocenters. The lowest BCUT2D eigenvalue weighted by molar-refractivity contribution is -0.115. The molecule has 108 valence electrons. The van der Waals surface area contributed by atoms with Gasteiger partial charge in [-0.1, -0.05) is 17.4 Å². The summed E-state index contributed by atoms with van der Waals surface area (Å²) in [6.07, 6.45) is 2.63. The van der Waals surface area contributed by atoms with E-state index in [0.717, 1.165) is 17.0 Å². The van der Waals surface area contributed by atoms with Crippen LogP contribution in [0, 0.1) is 6.92 Å². The number of rotatable bonds is 3. The van der Waals surface area contributed by atoms with Crippen LogP contribution in [0.1, 0.15) is 26.6 Å². The number of nitrogens with one attached hydrogen (secondary N) is 2. The summed E-state index contributed by atoms with van der Waals surface area (Å²) in [5.74, 6) is -0.274. The van der Waals surface area contributed by atoms with Crippen LogP contribution >= 0.6 is 11.3 Å². The van der Waals surface area contributed by atoms with Crippen molar-refractivity contribution in [2.45, 2.75) is 19.8 Å². The van der Waals surface area contributed by atoms with Crippen molar-refractivity contribution in [3.05, 3.63) is 40.2 Å². The number of thiazole rings is 1. The first-order valence-electron chi connectivity index (χ1n) is 6.61. The first kappa shape index (κ1) is 13.7. The van der Waals surface area contributed by atoms with E-state index >= 15 is 0 Å². The number of amides is 2. The van der Waals surface area contributed by atoms with Crippen LogP contribution in [0.3, 0.4) is 0 Å². The van der Waals surface area contributed by atoms with Crippen molar-refractivity contribution in [1.82, 2.24) is 15.3 Å². The Morgan fingerprint density at radius 3 is 3.05 bits per heavy atom. The Bertz CT molecular complexity index is 693. The molecule has 0 bridgehead atoms. The summed E-state index contributed by atoms with van der Waals surface area (Å²) in [5.41, 5.74) is 2.52. The van der Waals surface area contributed by atoms with Gasteiger partial charge in [0.05, 0.1) is 12.1 Å². The van der Waals surface area contributed by atoms with Crippen LogP contribution in [0.4, 0.5) is 5.13 Å². The molecule has 0 saturated heterocycles. The van der Waals surface area contributed by atoms with Crippen LogP contribution in [-0.2, 0) is 17.6 Å². The van der Waals surface area contributed by atoms with E-state index in [1.807, 2.05) is 19.1 Å². The Morgan fingerprint density at radius 1 is 1.48 bits per heavy atom. The summed E-state index contributed by atoms with van der Waals surface area (Å²) in [4.78, 5) is 32.7. The first-order valence-corrected chi connectivity index (χ1v) is 7.43. The largest absolute Gasteiger partial charge is 0.351 e. The topological polar surface area (TPSA) is 84.0 Å². The van der Waals surface area contributed by atoms with Gasteiger partial charge >= 0.3 is 0 Å². The van der Waals surface area contributed by atoms with Gasteiger partial charge in [-0.25, -0.2) is 4.98 Å². The molecule has 0 aromatic carbocycles. The number of nitrogens with zero attached hydrogens (tertiary/aromatic N) is 2. The molecular formula is C14H14N4O2S. The molecule has 6 nitrogen and oxygen atoms in total. The van der Waals surface area contributed by atoms with E-state index in [0.29, 0.717) is 23.0 Å². The van der Waals surface area contributed by atoms with E-state index in [9.17, 15) is 9.59 Å². The molecule has 0 atom stereocenters. The molecule has 3 rings (SSSR count). The molecule has 0 radical (unpaired) electrons. The van der Waals surface area contributed by atoms with Crippen molar-refractivity contribution in [3.63, 3.8) is 0 Å². The minimum absolute atomic E-state index is 0.114. The number of aryl methyl sites for hydroxylation is 1. The number of pyridine rings is 1. The number of hydrogen-bond donors (Lipinski definition) is 2. The minimum atomic E-state index is -0.160. The van der Waals surface area contributed by atoms with Gasteiger partial charge in [-0.2, -0.15) is 0 Å². The third-order valence-electron chi connectivity index (χ3n) is 3.13. The molecule has 2 amide bonds. The maximum absolute atomic E-state index is 12.0. The van der Waals surface area contributed by atoms with Gasteiger partial charge in [0, 0.05) is 24.9 Å². The van der Waals surface area contributed by atoms with E-state index in [4.69, 9.17) is 0 Å². The van der Waals surface area contributed by atoms with E-state index < -0.39 is 0 Å². The van der Waals surface area contributed by atoms with Crippen LogP contribution in [-0.4, -0.2) is 28.3 Å². The Labute approximate surface area is 125 Å². The lowest BCUT2D eigenvalue weighted by atomic mass is 10.2. The fraction of sp³-hybridized carbons (Fsp3) is 0.286. The molecule has 0 fully saturated rings. The maximum Gasteiger partial charge on any atom is 0.263 e. The van der Waals surface area contributed by atoms with Crippen LogP contribution < -0.4 is 10.6 Å². The maximum atomic E-state index is 12.0. The molecule has 2 aromatic heterocycles. The summed E-state index contributed by atoms with van der Waals surface area (Å²) in [5, 5.41) is 5.98. The fourth-order valence-corrected chi connectivity index (χ4v) is 3.02. The lowest BCUT2D eigenvalue weighted by Crippen LogP contribution is -2.30. The van der Waals surface area contributed by atoms with E-state index in [1.165, 1.54) is 11.3 Å². The molecule has 1 aliphatic rings. The third-order valence-corrected chi connectivity index (χ3v) is 4.15. The Morgan fingerprint density at radius 2 is 2.33 bits per heavy atom. The van der Waals surface area contributed by atoms with Crippen molar-refractivity contribution < 1.29 is 9.59 Å². The molecule has 0 spiro atoms. The van der Waals surface area contributed by atoms with Crippen molar-refractivity contribution in [2.24, 2.45) is 0 Å². The Kier molecular flexibility index (Phi) is 3.66. The second-order valence-electron chi connectivity index (χ2n) is 4.83. The van der Waals surface area contributed by atoms with Gasteiger partial charge in [0.25, 0.3) is 5.91 Å². The van der Waals surface area contributed by atoms with Crippen molar-refractivity contribution in [1.29, 1.82) is 0 Å². The normalized spacial score (nSPS) is 13.5. The van der Waals surface area contributed by atoms with Crippen LogP contribution in [0.5, 0.6) is 0 Å². The summed E-state index contributed by atoms with van der Waals surface area (Å²) in [6, 6.07) is 3.75. The molecule has 2 N–H and O–H groups in total. The summed E-state index contributed by atoms with van der Waals surface area (Å²) >= 11 is 1.21. The number of carbonyl (C=O) groups is 2. The highest BCUT2D eigenvalue weighted by molar-refractivity contribution is 7.17. The summed E-state index contributed by atoms with van der Waals surface area (Å²) in [6.45, 7) is 2.49. The number of hydrogen-bond acceptors (Lipinski definition) is 5. The smallest absolute Gasteiger partial charge is 0.263 e. The number of fused-ring (bicyclic) bond motifs is 1. The zero-order chi connectivity index (χ0) is 14.8. The molecule has 0 aliphatic carbocycles. The average molecular weight is 302 g/mol. The molecule has 3 heterocycles. The molecular weight excluding hydrogens is 288 g/mol. The predicted molar refractivity (Wildman–Crippen MR) is 79.5 cm³/mol. The van der Waals surface area contributed by atoms with Gasteiger partial charge in [-0.15, -0.1) is 0 Å². The number of aromatic nitrogens is 2. The standard InChI is InChI=1S/C14H14N4O2S/c1-8-2-3-9(7-16-8)6-11(19)18-14-17-10-4-5-15-13(20)12(10)21-14/h2-3,7H,4-6H2,1H3,(H,15,20)(H,17,18,19). The SMILES string of the molecule is Cc1ccc(CC(=O)Nc2nc3c(s2)C(=O)NCC3)cn1. The molecule has 7 heteroatoms. The number of carbonyl (C=O) groups excluding carboxylic acids is 2. The van der Waals surface area contributed by atoms with Gasteiger partial charge in [-0.05, 0) is 18.6 Å². The van der Waals surface area contributed by atoms with Gasteiger partial charge in [0.1, 0.15) is 4.88 Å². The minimum Gasteiger partial charge on any atom is -0.351 e. The average Bonchev–Trinajstić information content (AvgIpc) is 2.85. The molecule has 2 aromatic rings. The van der Waals surface area contributed by atoms with Crippen LogP contribution in [0.25, 0.3) is 0 Å². The van der Waals surface area contributed by atoms with Crippen molar-refractivity contribution in [2.75, 3.05) is 11.9 Å². The quantitative estimate of drug-likeness (QED) is 0.895. The monoisotopic (exact) mass is 302 g/mol. The zero-order valence-corrected chi connectivity index (χ0v) is 12.3. The first-order chi connectivity index (χ1) is 10.1. The summed E-state index contributed by atoms with van der Waals surface area (Å²) in [7, 11) is 0. The lowest BCUT2D eigenvalue weighted by Gasteiger charge is -2.09. The van der Waals surface area contributed by atoms with Crippen molar-refractivity contribution in [3.8, 4) is 0 Å². The van der Waals surface area contributed by atoms with Gasteiger partial charge in [0.2, 0.25) is 5.91 Å². The van der Waals surface area contributed by atoms with Crippen molar-refractivity contribution >= 4 is 28.3 Å². The second-order valence-corrected chi connectivity index (χ2v) is 5.83.